The van der Waals surface area contributed by atoms with Crippen LogP contribution in [0, 0.1) is 0 Å². The maximum atomic E-state index is 12.0. The molecule has 2 aromatic heterocycles. The highest BCUT2D eigenvalue weighted by atomic mass is 79.9. The highest BCUT2D eigenvalue weighted by molar-refractivity contribution is 9.10. The Hall–Kier alpha value is -2.40. The molecule has 116 valence electrons. The van der Waals surface area contributed by atoms with Crippen molar-refractivity contribution in [2.45, 2.75) is 13.5 Å². The van der Waals surface area contributed by atoms with Crippen LogP contribution in [0.15, 0.2) is 65.4 Å². The minimum atomic E-state index is -0.121. The molecular formula is C18H16BrN3O. The number of carbonyl (C=O) groups is 1. The molecule has 5 heteroatoms. The Balaban J connectivity index is 1.66. The fraction of sp³-hybridized carbons (Fsp3) is 0.111. The van der Waals surface area contributed by atoms with Gasteiger partial charge in [0.05, 0.1) is 12.2 Å². The number of nitrogens with one attached hydrogen (secondary N) is 1. The third-order valence-electron chi connectivity index (χ3n) is 3.49. The Morgan fingerprint density at radius 1 is 1.22 bits per heavy atom. The Kier molecular flexibility index (Phi) is 4.57. The van der Waals surface area contributed by atoms with Crippen molar-refractivity contribution in [2.24, 2.45) is 0 Å². The lowest BCUT2D eigenvalue weighted by molar-refractivity contribution is -0.116. The second-order valence-corrected chi connectivity index (χ2v) is 6.17. The van der Waals surface area contributed by atoms with Crippen molar-refractivity contribution in [3.05, 3.63) is 76.7 Å². The molecule has 0 bridgehead atoms. The quantitative estimate of drug-likeness (QED) is 0.710. The molecule has 1 aromatic carbocycles. The smallest absolute Gasteiger partial charge is 0.244 e. The monoisotopic (exact) mass is 369 g/mol. The van der Waals surface area contributed by atoms with Gasteiger partial charge in [0, 0.05) is 22.9 Å². The number of pyridine rings is 1. The van der Waals surface area contributed by atoms with Crippen LogP contribution in [0.3, 0.4) is 0 Å². The number of hydrogen-bond acceptors (Lipinski definition) is 2. The van der Waals surface area contributed by atoms with Crippen LogP contribution in [0.1, 0.15) is 18.2 Å². The van der Waals surface area contributed by atoms with E-state index in [0.29, 0.717) is 6.54 Å². The molecule has 0 fully saturated rings. The summed E-state index contributed by atoms with van der Waals surface area (Å²) in [6.45, 7) is 2.33. The first-order chi connectivity index (χ1) is 11.1. The summed E-state index contributed by atoms with van der Waals surface area (Å²) in [4.78, 5) is 16.5. The predicted octanol–water partition coefficient (Wildman–Crippen LogP) is 3.82. The Morgan fingerprint density at radius 3 is 2.78 bits per heavy atom. The summed E-state index contributed by atoms with van der Waals surface area (Å²) in [5, 5.41) is 2.87. The average molecular weight is 370 g/mol. The minimum absolute atomic E-state index is 0.121. The van der Waals surface area contributed by atoms with Gasteiger partial charge >= 0.3 is 0 Å². The number of allylic oxidation sites excluding steroid dienone is 1. The van der Waals surface area contributed by atoms with Gasteiger partial charge < -0.3 is 9.72 Å². The van der Waals surface area contributed by atoms with Gasteiger partial charge in [-0.25, -0.2) is 4.98 Å². The molecule has 3 aromatic rings. The van der Waals surface area contributed by atoms with Crippen LogP contribution in [0.4, 0.5) is 0 Å². The van der Waals surface area contributed by atoms with Crippen molar-refractivity contribution in [1.29, 1.82) is 0 Å². The van der Waals surface area contributed by atoms with Crippen LogP contribution in [-0.2, 0) is 11.3 Å². The van der Waals surface area contributed by atoms with Gasteiger partial charge in [-0.3, -0.25) is 4.79 Å². The highest BCUT2D eigenvalue weighted by Gasteiger charge is 2.04. The lowest BCUT2D eigenvalue weighted by Gasteiger charge is -2.02. The first-order valence-electron chi connectivity index (χ1n) is 7.26. The van der Waals surface area contributed by atoms with E-state index in [-0.39, 0.29) is 5.91 Å². The molecule has 0 atom stereocenters. The second-order valence-electron chi connectivity index (χ2n) is 5.26. The van der Waals surface area contributed by atoms with Crippen molar-refractivity contribution in [3.63, 3.8) is 0 Å². The Bertz CT molecular complexity index is 868. The second kappa shape index (κ2) is 6.79. The summed E-state index contributed by atoms with van der Waals surface area (Å²) >= 11 is 3.43. The molecule has 0 unspecified atom stereocenters. The fourth-order valence-electron chi connectivity index (χ4n) is 2.31. The summed E-state index contributed by atoms with van der Waals surface area (Å²) < 4.78 is 2.91. The number of nitrogens with zero attached hydrogens (tertiary/aromatic N) is 2. The number of hydrogen-bond donors (Lipinski definition) is 1. The van der Waals surface area contributed by atoms with Crippen molar-refractivity contribution in [1.82, 2.24) is 14.7 Å². The summed E-state index contributed by atoms with van der Waals surface area (Å²) in [7, 11) is 0. The molecule has 0 saturated carbocycles. The van der Waals surface area contributed by atoms with E-state index in [1.54, 1.807) is 6.08 Å². The molecule has 0 aliphatic heterocycles. The zero-order valence-electron chi connectivity index (χ0n) is 12.7. The summed E-state index contributed by atoms with van der Waals surface area (Å²) in [6, 6.07) is 13.7. The topological polar surface area (TPSA) is 46.4 Å². The van der Waals surface area contributed by atoms with Crippen molar-refractivity contribution in [3.8, 4) is 0 Å². The zero-order chi connectivity index (χ0) is 16.2. The lowest BCUT2D eigenvalue weighted by atomic mass is 10.1. The third kappa shape index (κ3) is 3.87. The van der Waals surface area contributed by atoms with Crippen LogP contribution in [-0.4, -0.2) is 15.3 Å². The highest BCUT2D eigenvalue weighted by Crippen LogP contribution is 2.13. The Morgan fingerprint density at radius 2 is 2.00 bits per heavy atom. The van der Waals surface area contributed by atoms with Gasteiger partial charge in [-0.15, -0.1) is 0 Å². The van der Waals surface area contributed by atoms with Gasteiger partial charge in [-0.1, -0.05) is 30.3 Å². The number of aromatic nitrogens is 2. The molecule has 0 aliphatic rings. The van der Waals surface area contributed by atoms with E-state index in [1.165, 1.54) is 0 Å². The molecular weight excluding hydrogens is 354 g/mol. The third-order valence-corrected chi connectivity index (χ3v) is 3.95. The van der Waals surface area contributed by atoms with E-state index in [2.05, 4.69) is 26.2 Å². The number of carbonyl (C=O) groups excluding carboxylic acids is 1. The SMILES string of the molecule is CC(=CC(=O)NCc1cn2cc(Br)ccc2n1)c1ccccc1. The first kappa shape index (κ1) is 15.5. The normalized spacial score (nSPS) is 11.7. The van der Waals surface area contributed by atoms with E-state index in [0.717, 1.165) is 27.0 Å². The van der Waals surface area contributed by atoms with Crippen molar-refractivity contribution in [2.75, 3.05) is 0 Å². The Labute approximate surface area is 143 Å². The molecule has 0 radical (unpaired) electrons. The molecule has 4 nitrogen and oxygen atoms in total. The van der Waals surface area contributed by atoms with Gasteiger partial charge in [0.1, 0.15) is 5.65 Å². The standard InChI is InChI=1S/C18H16BrN3O/c1-13(14-5-3-2-4-6-14)9-18(23)20-10-16-12-22-11-15(19)7-8-17(22)21-16/h2-9,11-12H,10H2,1H3,(H,20,23). The number of imidazole rings is 1. The van der Waals surface area contributed by atoms with Gasteiger partial charge in [-0.2, -0.15) is 0 Å². The molecule has 0 saturated heterocycles. The van der Waals surface area contributed by atoms with Crippen LogP contribution < -0.4 is 5.32 Å². The summed E-state index contributed by atoms with van der Waals surface area (Å²) in [6.07, 6.45) is 5.46. The molecule has 1 N–H and O–H groups in total. The minimum Gasteiger partial charge on any atom is -0.347 e. The lowest BCUT2D eigenvalue weighted by Crippen LogP contribution is -2.20. The fourth-order valence-corrected chi connectivity index (χ4v) is 2.66. The molecule has 0 spiro atoms. The predicted molar refractivity (Wildman–Crippen MR) is 94.8 cm³/mol. The summed E-state index contributed by atoms with van der Waals surface area (Å²) in [5.41, 5.74) is 3.65. The van der Waals surface area contributed by atoms with Gasteiger partial charge in [-0.05, 0) is 46.1 Å². The maximum absolute atomic E-state index is 12.0. The zero-order valence-corrected chi connectivity index (χ0v) is 14.2. The first-order valence-corrected chi connectivity index (χ1v) is 8.06. The van der Waals surface area contributed by atoms with E-state index in [1.807, 2.05) is 66.2 Å². The molecule has 0 aliphatic carbocycles. The number of rotatable bonds is 4. The molecule has 23 heavy (non-hydrogen) atoms. The van der Waals surface area contributed by atoms with E-state index < -0.39 is 0 Å². The number of benzene rings is 1. The van der Waals surface area contributed by atoms with Crippen molar-refractivity contribution >= 4 is 33.1 Å². The van der Waals surface area contributed by atoms with Crippen LogP contribution in [0.25, 0.3) is 11.2 Å². The number of amides is 1. The maximum Gasteiger partial charge on any atom is 0.244 e. The summed E-state index contributed by atoms with van der Waals surface area (Å²) in [5.74, 6) is -0.121. The molecule has 1 amide bonds. The van der Waals surface area contributed by atoms with E-state index in [4.69, 9.17) is 0 Å². The van der Waals surface area contributed by atoms with E-state index >= 15 is 0 Å². The average Bonchev–Trinajstić information content (AvgIpc) is 2.95. The molecule has 3 rings (SSSR count). The van der Waals surface area contributed by atoms with Gasteiger partial charge in [0.15, 0.2) is 0 Å². The molecule has 2 heterocycles. The number of fused-ring (bicyclic) bond motifs is 1. The number of halogens is 1. The largest absolute Gasteiger partial charge is 0.347 e. The van der Waals surface area contributed by atoms with Gasteiger partial charge in [0.25, 0.3) is 0 Å². The van der Waals surface area contributed by atoms with Gasteiger partial charge in [0.2, 0.25) is 5.91 Å². The van der Waals surface area contributed by atoms with E-state index in [9.17, 15) is 4.79 Å². The van der Waals surface area contributed by atoms with Crippen LogP contribution in [0.5, 0.6) is 0 Å². The van der Waals surface area contributed by atoms with Crippen LogP contribution >= 0.6 is 15.9 Å². The van der Waals surface area contributed by atoms with Crippen LogP contribution in [0.2, 0.25) is 0 Å². The van der Waals surface area contributed by atoms with Crippen molar-refractivity contribution < 1.29 is 4.79 Å².